The Balaban J connectivity index is -0.000000183. The van der Waals surface area contributed by atoms with E-state index in [4.69, 9.17) is 26.8 Å². The first kappa shape index (κ1) is 65.7. The molecule has 3 fully saturated rings. The van der Waals surface area contributed by atoms with Crippen molar-refractivity contribution in [1.82, 2.24) is 0 Å². The van der Waals surface area contributed by atoms with Gasteiger partial charge in [0, 0.05) is 18.6 Å². The van der Waals surface area contributed by atoms with E-state index in [2.05, 4.69) is 20.4 Å². The van der Waals surface area contributed by atoms with Crippen LogP contribution in [0.25, 0.3) is 0 Å². The molecule has 1 radical (unpaired) electrons. The van der Waals surface area contributed by atoms with Gasteiger partial charge in [-0.25, -0.2) is 0 Å². The Bertz CT molecular complexity index is 2100. The van der Waals surface area contributed by atoms with E-state index in [-0.39, 0.29) is 29.5 Å². The average molecular weight is 1780 g/mol. The normalized spacial score (nSPS) is 24.5. The summed E-state index contributed by atoms with van der Waals surface area (Å²) >= 11 is -66.8. The van der Waals surface area contributed by atoms with Gasteiger partial charge in [0.25, 0.3) is 0 Å². The molecule has 0 atom stereocenters. The summed E-state index contributed by atoms with van der Waals surface area (Å²) in [4.78, 5) is 25.6. The van der Waals surface area contributed by atoms with Crippen LogP contribution in [0.4, 0.5) is 0 Å². The Kier molecular flexibility index (Phi) is 28.1. The molecule has 3 saturated heterocycles. The maximum atomic E-state index is 10.5. The van der Waals surface area contributed by atoms with Gasteiger partial charge in [-0.15, -0.1) is 0 Å². The number of hydrogen-bond acceptors (Lipinski definition) is 36. The summed E-state index contributed by atoms with van der Waals surface area (Å²) in [7, 11) is -5.39. The second kappa shape index (κ2) is 22.6. The third-order valence-electron chi connectivity index (χ3n) is 1.68. The predicted molar refractivity (Wildman–Crippen MR) is 43.9 cm³/mol. The van der Waals surface area contributed by atoms with Crippen molar-refractivity contribution in [2.24, 2.45) is 0 Å². The van der Waals surface area contributed by atoms with Crippen LogP contribution in [0.3, 0.4) is 0 Å². The van der Waals surface area contributed by atoms with Crippen LogP contribution < -0.4 is 22.2 Å². The summed E-state index contributed by atoms with van der Waals surface area (Å²) in [6.07, 6.45) is 0. The molecule has 3 heterocycles. The molecule has 0 aliphatic carbocycles. The maximum Gasteiger partial charge on any atom is 0 e. The SMILES string of the molecule is O.O.O=P([O-])([O-])[O-].[O]=[Mo](=[O])([O-])[O][Mo](=[O])(=[O])[O-].[O]=[Mo]1(=[O])[O][Mo](=[O])(=[O])[O][Mo](=[O])(=[O])[O]1.[O]=[Mo]1([OH])[O][Mo](=[O])(=[O])[O][Mo](=[O])(=[O])[O]1.[O]=[Mo]1([OH])[O][Mo](=[O])(=[O])[O][Mo](=[O])(=[O])[O]1.[V]. The number of hydrogen-bond donors (Lipinski definition) is 2. The van der Waals surface area contributed by atoms with Gasteiger partial charge in [0.1, 0.15) is 0 Å². The van der Waals surface area contributed by atoms with E-state index >= 15 is 0 Å². The molecular formula is H6Mo11O40PV-5. The average Bonchev–Trinajstić information content (AvgIpc) is 2.51. The van der Waals surface area contributed by atoms with E-state index < -0.39 is 193 Å². The fourth-order valence-corrected chi connectivity index (χ4v) is 57.3. The van der Waals surface area contributed by atoms with Crippen molar-refractivity contribution in [3.8, 4) is 0 Å². The standard InChI is InChI=1S/11Mo.H3O4P.4H2O.32O.V/c;;;;;;;;;;;1-5(2,3)4;;;;;;;;;;;;;;;;;;;;;;;;;;;;;;;;;;;;;/h;;;;;;;;;;;(H3,1,2,3,4);4*1H2;;;;;;;;;;;;;;;;;;;;;;;;;;;;;;;;;/q;;;;;;;;;2*+1;;;;;;;;;;;;;;;;;;;;;;;;;;;;;;;;;;;;2*-1;/p-5. The van der Waals surface area contributed by atoms with Crippen LogP contribution in [-0.4, -0.2) is 18.5 Å². The third kappa shape index (κ3) is 39.5. The monoisotopic (exact) mass is 1800 g/mol. The summed E-state index contributed by atoms with van der Waals surface area (Å²) in [5.41, 5.74) is 0. The molecule has 3 aliphatic rings. The van der Waals surface area contributed by atoms with E-state index in [0.29, 0.717) is 0 Å². The molecule has 0 amide bonds. The van der Waals surface area contributed by atoms with Crippen LogP contribution in [0.15, 0.2) is 0 Å². The minimum Gasteiger partial charge on any atom is 0 e. The molecule has 3 rings (SSSR count). The Morgan fingerprint density at radius 1 is 0.415 bits per heavy atom. The third-order valence-corrected chi connectivity index (χ3v) is 58.7. The van der Waals surface area contributed by atoms with Crippen molar-refractivity contribution in [1.29, 1.82) is 0 Å². The molecule has 0 spiro atoms. The van der Waals surface area contributed by atoms with Crippen molar-refractivity contribution < 1.29 is 337 Å². The molecule has 327 valence electrons. The molecule has 0 aromatic rings. The fourth-order valence-electron chi connectivity index (χ4n) is 1.14. The van der Waals surface area contributed by atoms with Gasteiger partial charge in [-0.3, -0.25) is 0 Å². The minimum absolute atomic E-state index is 0. The smallest absolute Gasteiger partial charge is 0 e. The van der Waals surface area contributed by atoms with Crippen LogP contribution >= 0.6 is 7.82 Å². The molecule has 40 nitrogen and oxygen atoms in total. The summed E-state index contributed by atoms with van der Waals surface area (Å²) < 4.78 is 282. The summed E-state index contributed by atoms with van der Waals surface area (Å²) in [6.45, 7) is 0. The van der Waals surface area contributed by atoms with Crippen molar-refractivity contribution in [3.05, 3.63) is 0 Å². The molecular weight excluding hydrogens is 1780 g/mol. The van der Waals surface area contributed by atoms with Gasteiger partial charge in [-0.05, 0) is 0 Å². The van der Waals surface area contributed by atoms with Crippen LogP contribution in [-0.2, 0) is 297 Å². The van der Waals surface area contributed by atoms with E-state index in [1.807, 2.05) is 0 Å². The zero-order chi connectivity index (χ0) is 41.1. The maximum absolute atomic E-state index is 10.5. The van der Waals surface area contributed by atoms with E-state index in [1.165, 1.54) is 0 Å². The Hall–Kier alpha value is 3.63. The summed E-state index contributed by atoms with van der Waals surface area (Å²) in [5, 5.41) is 0. The second-order valence-electron chi connectivity index (χ2n) is 5.66. The van der Waals surface area contributed by atoms with Crippen molar-refractivity contribution in [3.63, 3.8) is 0 Å². The topological polar surface area (TPSA) is 670 Å². The summed E-state index contributed by atoms with van der Waals surface area (Å²) in [5.74, 6) is 0. The summed E-state index contributed by atoms with van der Waals surface area (Å²) in [6, 6.07) is 0. The van der Waals surface area contributed by atoms with Gasteiger partial charge in [-0.1, -0.05) is 0 Å². The van der Waals surface area contributed by atoms with Gasteiger partial charge < -0.3 is 30.2 Å². The molecule has 0 unspecified atom stereocenters. The quantitative estimate of drug-likeness (QED) is 0.191. The molecule has 6 N–H and O–H groups in total. The van der Waals surface area contributed by atoms with Crippen molar-refractivity contribution in [2.45, 2.75) is 0 Å². The fraction of sp³-hybridized carbons (Fsp3) is 0. The zero-order valence-corrected chi connectivity index (χ0v) is 46.3. The molecule has 53 heteroatoms. The van der Waals surface area contributed by atoms with Gasteiger partial charge in [0.2, 0.25) is 0 Å². The predicted octanol–water partition coefficient (Wildman–Crippen LogP) is -11.1. The molecule has 3 aliphatic heterocycles. The zero-order valence-electron chi connectivity index (χ0n) is 22.0. The first-order valence-electron chi connectivity index (χ1n) is 8.10. The van der Waals surface area contributed by atoms with Crippen molar-refractivity contribution in [2.75, 3.05) is 0 Å². The van der Waals surface area contributed by atoms with Crippen LogP contribution in [0.5, 0.6) is 0 Å². The van der Waals surface area contributed by atoms with E-state index in [9.17, 15) is 75.5 Å². The largest absolute Gasteiger partial charge is 0 e. The molecule has 0 bridgehead atoms. The van der Waals surface area contributed by atoms with E-state index in [1.54, 1.807) is 0 Å². The Labute approximate surface area is 338 Å². The van der Waals surface area contributed by atoms with Crippen LogP contribution in [0.1, 0.15) is 0 Å². The van der Waals surface area contributed by atoms with Gasteiger partial charge in [0.15, 0.2) is 0 Å². The Morgan fingerprint density at radius 3 is 0.604 bits per heavy atom. The Morgan fingerprint density at radius 2 is 0.528 bits per heavy atom. The molecule has 0 aromatic carbocycles. The molecule has 53 heavy (non-hydrogen) atoms. The van der Waals surface area contributed by atoms with E-state index in [0.717, 1.165) is 0 Å². The first-order chi connectivity index (χ1) is 21.1. The number of rotatable bonds is 2. The first-order valence-corrected chi connectivity index (χ1v) is 45.8. The minimum atomic E-state index is -6.37. The number of phosphoric acid groups is 1. The van der Waals surface area contributed by atoms with Gasteiger partial charge in [0.05, 0.1) is 0 Å². The van der Waals surface area contributed by atoms with Crippen molar-refractivity contribution >= 4 is 7.82 Å². The van der Waals surface area contributed by atoms with Crippen LogP contribution in [0.2, 0.25) is 0 Å². The van der Waals surface area contributed by atoms with Crippen LogP contribution in [0, 0.1) is 0 Å². The molecule has 0 aromatic heterocycles. The van der Waals surface area contributed by atoms with Gasteiger partial charge in [-0.2, -0.15) is 7.82 Å². The molecule has 0 saturated carbocycles. The van der Waals surface area contributed by atoms with Gasteiger partial charge >= 0.3 is 288 Å². The second-order valence-corrected chi connectivity index (χ2v) is 52.0.